The van der Waals surface area contributed by atoms with Crippen LogP contribution < -0.4 is 5.32 Å². The number of rotatable bonds is 6. The molecule has 0 radical (unpaired) electrons. The van der Waals surface area contributed by atoms with Gasteiger partial charge in [-0.25, -0.2) is 4.79 Å². The monoisotopic (exact) mass is 297 g/mol. The summed E-state index contributed by atoms with van der Waals surface area (Å²) in [6.07, 6.45) is 5.50. The minimum absolute atomic E-state index is 0.135. The number of hydrogen-bond acceptors (Lipinski definition) is 3. The zero-order valence-electron chi connectivity index (χ0n) is 13.1. The molecule has 0 spiro atoms. The van der Waals surface area contributed by atoms with Crippen LogP contribution in [0.3, 0.4) is 0 Å². The van der Waals surface area contributed by atoms with E-state index in [1.165, 1.54) is 0 Å². The van der Waals surface area contributed by atoms with Crippen LogP contribution in [0.2, 0.25) is 0 Å². The van der Waals surface area contributed by atoms with E-state index in [2.05, 4.69) is 19.2 Å². The molecule has 1 aliphatic heterocycles. The smallest absolute Gasteiger partial charge is 0.332 e. The summed E-state index contributed by atoms with van der Waals surface area (Å²) in [5, 5.41) is 11.9. The molecule has 0 bridgehead atoms. The van der Waals surface area contributed by atoms with E-state index in [1.807, 2.05) is 0 Å². The SMILES string of the molecule is CC(C)CC1(C(=O)NCC2CCC(C(=O)O)O2)CCCC1. The maximum Gasteiger partial charge on any atom is 0.332 e. The number of carbonyl (C=O) groups is 2. The third-order valence-electron chi connectivity index (χ3n) is 4.71. The van der Waals surface area contributed by atoms with Crippen LogP contribution in [0.1, 0.15) is 58.8 Å². The molecule has 0 aromatic rings. The van der Waals surface area contributed by atoms with Crippen LogP contribution in [0.15, 0.2) is 0 Å². The van der Waals surface area contributed by atoms with Gasteiger partial charge in [-0.15, -0.1) is 0 Å². The molecule has 2 atom stereocenters. The lowest BCUT2D eigenvalue weighted by Gasteiger charge is -2.30. The van der Waals surface area contributed by atoms with Crippen LogP contribution in [0.25, 0.3) is 0 Å². The fourth-order valence-corrected chi connectivity index (χ4v) is 3.79. The molecule has 2 unspecified atom stereocenters. The summed E-state index contributed by atoms with van der Waals surface area (Å²) in [6, 6.07) is 0. The number of ether oxygens (including phenoxy) is 1. The van der Waals surface area contributed by atoms with E-state index < -0.39 is 12.1 Å². The second-order valence-electron chi connectivity index (χ2n) is 6.96. The maximum absolute atomic E-state index is 12.6. The van der Waals surface area contributed by atoms with Gasteiger partial charge in [0.1, 0.15) is 0 Å². The van der Waals surface area contributed by atoms with E-state index in [-0.39, 0.29) is 17.4 Å². The molecule has 2 rings (SSSR count). The van der Waals surface area contributed by atoms with Gasteiger partial charge in [-0.2, -0.15) is 0 Å². The highest BCUT2D eigenvalue weighted by atomic mass is 16.5. The Morgan fingerprint density at radius 1 is 1.29 bits per heavy atom. The lowest BCUT2D eigenvalue weighted by atomic mass is 9.77. The molecule has 1 amide bonds. The van der Waals surface area contributed by atoms with Gasteiger partial charge in [0.15, 0.2) is 6.10 Å². The van der Waals surface area contributed by atoms with E-state index in [0.29, 0.717) is 25.3 Å². The molecule has 120 valence electrons. The predicted octanol–water partition coefficient (Wildman–Crippen LogP) is 2.34. The van der Waals surface area contributed by atoms with Crippen molar-refractivity contribution in [2.24, 2.45) is 11.3 Å². The van der Waals surface area contributed by atoms with E-state index in [1.54, 1.807) is 0 Å². The molecule has 1 saturated heterocycles. The van der Waals surface area contributed by atoms with Crippen LogP contribution >= 0.6 is 0 Å². The van der Waals surface area contributed by atoms with Crippen molar-refractivity contribution in [3.63, 3.8) is 0 Å². The normalized spacial score (nSPS) is 28.0. The third-order valence-corrected chi connectivity index (χ3v) is 4.71. The van der Waals surface area contributed by atoms with E-state index in [9.17, 15) is 9.59 Å². The van der Waals surface area contributed by atoms with Crippen molar-refractivity contribution in [3.05, 3.63) is 0 Å². The lowest BCUT2D eigenvalue weighted by Crippen LogP contribution is -2.43. The van der Waals surface area contributed by atoms with E-state index in [0.717, 1.165) is 32.1 Å². The number of carboxylic acids is 1. The fraction of sp³-hybridized carbons (Fsp3) is 0.875. The van der Waals surface area contributed by atoms with Crippen LogP contribution in [0, 0.1) is 11.3 Å². The fourth-order valence-electron chi connectivity index (χ4n) is 3.79. The van der Waals surface area contributed by atoms with Crippen LogP contribution in [0.5, 0.6) is 0 Å². The Labute approximate surface area is 126 Å². The summed E-state index contributed by atoms with van der Waals surface area (Å²) >= 11 is 0. The molecule has 0 aromatic heterocycles. The molecule has 1 aliphatic carbocycles. The summed E-state index contributed by atoms with van der Waals surface area (Å²) in [5.74, 6) is -0.264. The first-order valence-corrected chi connectivity index (χ1v) is 8.09. The Morgan fingerprint density at radius 2 is 1.95 bits per heavy atom. The van der Waals surface area contributed by atoms with Crippen molar-refractivity contribution < 1.29 is 19.4 Å². The van der Waals surface area contributed by atoms with Gasteiger partial charge in [0, 0.05) is 12.0 Å². The Morgan fingerprint density at radius 3 is 2.48 bits per heavy atom. The van der Waals surface area contributed by atoms with Gasteiger partial charge in [-0.3, -0.25) is 4.79 Å². The number of carboxylic acid groups (broad SMARTS) is 1. The number of carbonyl (C=O) groups excluding carboxylic acids is 1. The van der Waals surface area contributed by atoms with Crippen LogP contribution in [-0.2, 0) is 14.3 Å². The third kappa shape index (κ3) is 3.96. The Kier molecular flexibility index (Phi) is 5.25. The predicted molar refractivity (Wildman–Crippen MR) is 78.9 cm³/mol. The van der Waals surface area contributed by atoms with Gasteiger partial charge in [0.2, 0.25) is 5.91 Å². The molecule has 0 aromatic carbocycles. The van der Waals surface area contributed by atoms with Crippen LogP contribution in [-0.4, -0.2) is 35.7 Å². The first kappa shape index (κ1) is 16.3. The molecule has 5 heteroatoms. The first-order chi connectivity index (χ1) is 9.93. The van der Waals surface area contributed by atoms with Crippen molar-refractivity contribution in [3.8, 4) is 0 Å². The standard InChI is InChI=1S/C16H27NO4/c1-11(2)9-16(7-3-4-8-16)15(20)17-10-12-5-6-13(21-12)14(18)19/h11-13H,3-10H2,1-2H3,(H,17,20)(H,18,19). The number of amides is 1. The van der Waals surface area contributed by atoms with Gasteiger partial charge in [0.05, 0.1) is 6.10 Å². The number of aliphatic carboxylic acids is 1. The van der Waals surface area contributed by atoms with E-state index >= 15 is 0 Å². The van der Waals surface area contributed by atoms with Crippen molar-refractivity contribution >= 4 is 11.9 Å². The molecule has 2 aliphatic rings. The molecule has 1 heterocycles. The maximum atomic E-state index is 12.6. The van der Waals surface area contributed by atoms with Gasteiger partial charge < -0.3 is 15.2 Å². The van der Waals surface area contributed by atoms with E-state index in [4.69, 9.17) is 9.84 Å². The summed E-state index contributed by atoms with van der Waals surface area (Å²) in [5.41, 5.74) is -0.209. The Balaban J connectivity index is 1.84. The second kappa shape index (κ2) is 6.77. The van der Waals surface area contributed by atoms with Crippen molar-refractivity contribution in [2.45, 2.75) is 71.0 Å². The number of nitrogens with one attached hydrogen (secondary N) is 1. The minimum Gasteiger partial charge on any atom is -0.479 e. The minimum atomic E-state index is -0.907. The Bertz CT molecular complexity index is 388. The summed E-state index contributed by atoms with van der Waals surface area (Å²) in [4.78, 5) is 23.4. The van der Waals surface area contributed by atoms with Gasteiger partial charge >= 0.3 is 5.97 Å². The largest absolute Gasteiger partial charge is 0.479 e. The molecule has 2 N–H and O–H groups in total. The zero-order valence-corrected chi connectivity index (χ0v) is 13.1. The second-order valence-corrected chi connectivity index (χ2v) is 6.96. The molecule has 5 nitrogen and oxygen atoms in total. The highest BCUT2D eigenvalue weighted by Crippen LogP contribution is 2.43. The highest BCUT2D eigenvalue weighted by molar-refractivity contribution is 5.83. The van der Waals surface area contributed by atoms with Gasteiger partial charge in [-0.05, 0) is 38.0 Å². The average molecular weight is 297 g/mol. The van der Waals surface area contributed by atoms with Gasteiger partial charge in [0.25, 0.3) is 0 Å². The van der Waals surface area contributed by atoms with Gasteiger partial charge in [-0.1, -0.05) is 26.7 Å². The average Bonchev–Trinajstić information content (AvgIpc) is 3.04. The number of hydrogen-bond donors (Lipinski definition) is 2. The highest BCUT2D eigenvalue weighted by Gasteiger charge is 2.41. The molecular weight excluding hydrogens is 270 g/mol. The van der Waals surface area contributed by atoms with Crippen molar-refractivity contribution in [1.82, 2.24) is 5.32 Å². The quantitative estimate of drug-likeness (QED) is 0.789. The molecular formula is C16H27NO4. The molecule has 21 heavy (non-hydrogen) atoms. The molecule has 1 saturated carbocycles. The van der Waals surface area contributed by atoms with Crippen molar-refractivity contribution in [2.75, 3.05) is 6.54 Å². The Hall–Kier alpha value is -1.10. The van der Waals surface area contributed by atoms with Crippen molar-refractivity contribution in [1.29, 1.82) is 0 Å². The summed E-state index contributed by atoms with van der Waals surface area (Å²) in [7, 11) is 0. The topological polar surface area (TPSA) is 75.6 Å². The first-order valence-electron chi connectivity index (χ1n) is 8.09. The zero-order chi connectivity index (χ0) is 15.5. The van der Waals surface area contributed by atoms with Crippen LogP contribution in [0.4, 0.5) is 0 Å². The lowest BCUT2D eigenvalue weighted by molar-refractivity contribution is -0.149. The molecule has 2 fully saturated rings. The summed E-state index contributed by atoms with van der Waals surface area (Å²) < 4.78 is 5.44. The summed E-state index contributed by atoms with van der Waals surface area (Å²) in [6.45, 7) is 4.75.